The molecule has 0 fully saturated rings. The van der Waals surface area contributed by atoms with Gasteiger partial charge < -0.3 is 10.5 Å². The number of aryl methyl sites for hydroxylation is 1. The van der Waals surface area contributed by atoms with Crippen molar-refractivity contribution in [1.29, 1.82) is 0 Å². The van der Waals surface area contributed by atoms with E-state index in [1.54, 1.807) is 0 Å². The summed E-state index contributed by atoms with van der Waals surface area (Å²) in [7, 11) is 0. The molecule has 0 amide bonds. The van der Waals surface area contributed by atoms with Gasteiger partial charge in [0.1, 0.15) is 12.4 Å². The summed E-state index contributed by atoms with van der Waals surface area (Å²) < 4.78 is 5.75. The maximum Gasteiger partial charge on any atom is 0.119 e. The third kappa shape index (κ3) is 3.60. The van der Waals surface area contributed by atoms with Crippen molar-refractivity contribution in [1.82, 2.24) is 0 Å². The lowest BCUT2D eigenvalue weighted by molar-refractivity contribution is 0.306. The highest BCUT2D eigenvalue weighted by atomic mass is 16.5. The number of hydrogen-bond donors (Lipinski definition) is 1. The molecule has 0 aliphatic rings. The van der Waals surface area contributed by atoms with Crippen molar-refractivity contribution in [2.24, 2.45) is 5.73 Å². The molecule has 94 valence electrons. The zero-order valence-electron chi connectivity index (χ0n) is 10.7. The average Bonchev–Trinajstić information content (AvgIpc) is 2.38. The first kappa shape index (κ1) is 12.7. The number of ether oxygens (including phenoxy) is 1. The Kier molecular flexibility index (Phi) is 4.37. The van der Waals surface area contributed by atoms with Gasteiger partial charge in [-0.25, -0.2) is 0 Å². The summed E-state index contributed by atoms with van der Waals surface area (Å²) >= 11 is 0. The van der Waals surface area contributed by atoms with E-state index in [-0.39, 0.29) is 0 Å². The second kappa shape index (κ2) is 6.22. The summed E-state index contributed by atoms with van der Waals surface area (Å²) in [5, 5.41) is 0. The van der Waals surface area contributed by atoms with Gasteiger partial charge in [-0.1, -0.05) is 42.0 Å². The predicted molar refractivity (Wildman–Crippen MR) is 74.7 cm³/mol. The zero-order chi connectivity index (χ0) is 12.8. The Morgan fingerprint density at radius 3 is 2.44 bits per heavy atom. The Labute approximate surface area is 108 Å². The van der Waals surface area contributed by atoms with Gasteiger partial charge in [0, 0.05) is 0 Å². The monoisotopic (exact) mass is 241 g/mol. The third-order valence-electron chi connectivity index (χ3n) is 2.84. The van der Waals surface area contributed by atoms with Gasteiger partial charge in [0.15, 0.2) is 0 Å². The van der Waals surface area contributed by atoms with E-state index >= 15 is 0 Å². The topological polar surface area (TPSA) is 35.2 Å². The van der Waals surface area contributed by atoms with Gasteiger partial charge in [0.25, 0.3) is 0 Å². The molecule has 18 heavy (non-hydrogen) atoms. The first-order valence-electron chi connectivity index (χ1n) is 6.25. The third-order valence-corrected chi connectivity index (χ3v) is 2.84. The van der Waals surface area contributed by atoms with Crippen molar-refractivity contribution in [2.45, 2.75) is 20.0 Å². The summed E-state index contributed by atoms with van der Waals surface area (Å²) in [6.45, 7) is 3.38. The van der Waals surface area contributed by atoms with Crippen molar-refractivity contribution >= 4 is 0 Å². The van der Waals surface area contributed by atoms with Crippen LogP contribution in [-0.4, -0.2) is 6.54 Å². The summed E-state index contributed by atoms with van der Waals surface area (Å²) in [5.74, 6) is 0.900. The van der Waals surface area contributed by atoms with E-state index in [0.29, 0.717) is 13.2 Å². The fourth-order valence-electron chi connectivity index (χ4n) is 1.89. The summed E-state index contributed by atoms with van der Waals surface area (Å²) in [6.07, 6.45) is 0.915. The fourth-order valence-corrected chi connectivity index (χ4v) is 1.89. The second-order valence-electron chi connectivity index (χ2n) is 4.46. The van der Waals surface area contributed by atoms with Crippen LogP contribution in [-0.2, 0) is 13.0 Å². The minimum atomic E-state index is 0.609. The van der Waals surface area contributed by atoms with Crippen molar-refractivity contribution < 1.29 is 4.74 Å². The van der Waals surface area contributed by atoms with Crippen LogP contribution >= 0.6 is 0 Å². The smallest absolute Gasteiger partial charge is 0.119 e. The molecule has 0 saturated heterocycles. The molecule has 2 heteroatoms. The maximum atomic E-state index is 5.75. The molecule has 0 unspecified atom stereocenters. The molecule has 2 N–H and O–H groups in total. The van der Waals surface area contributed by atoms with Crippen LogP contribution in [0.5, 0.6) is 5.75 Å². The Hall–Kier alpha value is -1.80. The molecule has 2 aromatic rings. The number of benzene rings is 2. The first-order chi connectivity index (χ1) is 8.78. The quantitative estimate of drug-likeness (QED) is 0.873. The minimum absolute atomic E-state index is 0.609. The van der Waals surface area contributed by atoms with Crippen LogP contribution in [0.2, 0.25) is 0 Å². The van der Waals surface area contributed by atoms with Crippen molar-refractivity contribution in [2.75, 3.05) is 6.54 Å². The SMILES string of the molecule is Cc1cccc(COc2ccc(CCN)cc2)c1. The van der Waals surface area contributed by atoms with Gasteiger partial charge in [-0.05, 0) is 43.1 Å². The van der Waals surface area contributed by atoms with Gasteiger partial charge >= 0.3 is 0 Å². The van der Waals surface area contributed by atoms with E-state index in [0.717, 1.165) is 12.2 Å². The maximum absolute atomic E-state index is 5.75. The van der Waals surface area contributed by atoms with Gasteiger partial charge in [-0.3, -0.25) is 0 Å². The van der Waals surface area contributed by atoms with Gasteiger partial charge in [-0.15, -0.1) is 0 Å². The molecule has 0 atom stereocenters. The number of nitrogens with two attached hydrogens (primary N) is 1. The Morgan fingerprint density at radius 2 is 1.78 bits per heavy atom. The molecule has 0 saturated carbocycles. The minimum Gasteiger partial charge on any atom is -0.489 e. The molecule has 2 nitrogen and oxygen atoms in total. The van der Waals surface area contributed by atoms with E-state index < -0.39 is 0 Å². The van der Waals surface area contributed by atoms with Crippen LogP contribution < -0.4 is 10.5 Å². The predicted octanol–water partition coefficient (Wildman–Crippen LogP) is 3.08. The molecule has 0 radical (unpaired) electrons. The van der Waals surface area contributed by atoms with E-state index in [1.165, 1.54) is 16.7 Å². The lowest BCUT2D eigenvalue weighted by atomic mass is 10.1. The van der Waals surface area contributed by atoms with Gasteiger partial charge in [0.2, 0.25) is 0 Å². The van der Waals surface area contributed by atoms with Gasteiger partial charge in [-0.2, -0.15) is 0 Å². The molecule has 0 heterocycles. The van der Waals surface area contributed by atoms with Crippen LogP contribution in [0.25, 0.3) is 0 Å². The molecule has 0 aliphatic heterocycles. The fraction of sp³-hybridized carbons (Fsp3) is 0.250. The molecule has 0 bridgehead atoms. The molecule has 0 aliphatic carbocycles. The molecular formula is C16H19NO. The standard InChI is InChI=1S/C16H19NO/c1-13-3-2-4-15(11-13)12-18-16-7-5-14(6-8-16)9-10-17/h2-8,11H,9-10,12,17H2,1H3. The highest BCUT2D eigenvalue weighted by molar-refractivity contribution is 5.28. The van der Waals surface area contributed by atoms with Crippen molar-refractivity contribution in [3.05, 3.63) is 65.2 Å². The van der Waals surface area contributed by atoms with Gasteiger partial charge in [0.05, 0.1) is 0 Å². The van der Waals surface area contributed by atoms with Crippen molar-refractivity contribution in [3.63, 3.8) is 0 Å². The summed E-state index contributed by atoms with van der Waals surface area (Å²) in [5.41, 5.74) is 9.22. The Morgan fingerprint density at radius 1 is 1.00 bits per heavy atom. The molecule has 2 aromatic carbocycles. The lowest BCUT2D eigenvalue weighted by Crippen LogP contribution is -2.02. The Balaban J connectivity index is 1.93. The largest absolute Gasteiger partial charge is 0.489 e. The summed E-state index contributed by atoms with van der Waals surface area (Å²) in [6, 6.07) is 16.5. The molecule has 0 spiro atoms. The lowest BCUT2D eigenvalue weighted by Gasteiger charge is -2.07. The van der Waals surface area contributed by atoms with Crippen LogP contribution in [0.3, 0.4) is 0 Å². The second-order valence-corrected chi connectivity index (χ2v) is 4.46. The highest BCUT2D eigenvalue weighted by Crippen LogP contribution is 2.14. The van der Waals surface area contributed by atoms with E-state index in [2.05, 4.69) is 43.3 Å². The van der Waals surface area contributed by atoms with E-state index in [1.807, 2.05) is 12.1 Å². The summed E-state index contributed by atoms with van der Waals surface area (Å²) in [4.78, 5) is 0. The van der Waals surface area contributed by atoms with Crippen molar-refractivity contribution in [3.8, 4) is 5.75 Å². The van der Waals surface area contributed by atoms with Crippen LogP contribution in [0.1, 0.15) is 16.7 Å². The highest BCUT2D eigenvalue weighted by Gasteiger charge is 1.97. The molecule has 2 rings (SSSR count). The Bertz CT molecular complexity index is 491. The van der Waals surface area contributed by atoms with Crippen LogP contribution in [0.4, 0.5) is 0 Å². The van der Waals surface area contributed by atoms with E-state index in [4.69, 9.17) is 10.5 Å². The number of hydrogen-bond acceptors (Lipinski definition) is 2. The normalized spacial score (nSPS) is 10.3. The van der Waals surface area contributed by atoms with Crippen LogP contribution in [0, 0.1) is 6.92 Å². The first-order valence-corrected chi connectivity index (χ1v) is 6.25. The number of rotatable bonds is 5. The molecule has 0 aromatic heterocycles. The average molecular weight is 241 g/mol. The zero-order valence-corrected chi connectivity index (χ0v) is 10.7. The van der Waals surface area contributed by atoms with E-state index in [9.17, 15) is 0 Å². The van der Waals surface area contributed by atoms with Crippen LogP contribution in [0.15, 0.2) is 48.5 Å². The molecular weight excluding hydrogens is 222 g/mol.